The molecule has 0 fully saturated rings. The molecule has 6 heteroatoms. The van der Waals surface area contributed by atoms with Crippen molar-refractivity contribution in [2.75, 3.05) is 17.6 Å². The van der Waals surface area contributed by atoms with E-state index in [1.54, 1.807) is 13.0 Å². The maximum absolute atomic E-state index is 11.5. The summed E-state index contributed by atoms with van der Waals surface area (Å²) in [5.74, 6) is 0. The molecule has 108 valence electrons. The lowest BCUT2D eigenvalue weighted by atomic mass is 9.90. The largest absolute Gasteiger partial charge is 0.399 e. The fourth-order valence-electron chi connectivity index (χ4n) is 1.65. The van der Waals surface area contributed by atoms with E-state index in [1.807, 2.05) is 0 Å². The van der Waals surface area contributed by atoms with Crippen molar-refractivity contribution in [2.45, 2.75) is 39.0 Å². The highest BCUT2D eigenvalue weighted by molar-refractivity contribution is 7.89. The summed E-state index contributed by atoms with van der Waals surface area (Å²) in [7, 11) is -3.76. The van der Waals surface area contributed by atoms with Gasteiger partial charge in [-0.3, -0.25) is 0 Å². The van der Waals surface area contributed by atoms with Gasteiger partial charge < -0.3 is 11.1 Å². The zero-order valence-electron chi connectivity index (χ0n) is 11.9. The standard InChI is InChI=1S/C13H23N3O2S/c1-5-13(3,4)8-16-11-6-10(14)7-12(9(11)2)19(15,17)18/h6-7,16H,5,8,14H2,1-4H3,(H2,15,17,18). The number of hydrogen-bond donors (Lipinski definition) is 3. The molecule has 5 N–H and O–H groups in total. The fraction of sp³-hybridized carbons (Fsp3) is 0.538. The summed E-state index contributed by atoms with van der Waals surface area (Å²) in [6, 6.07) is 3.12. The second-order valence-corrected chi connectivity index (χ2v) is 7.14. The van der Waals surface area contributed by atoms with Gasteiger partial charge in [-0.25, -0.2) is 13.6 Å². The number of rotatable bonds is 5. The van der Waals surface area contributed by atoms with Crippen LogP contribution in [0.5, 0.6) is 0 Å². The number of nitrogens with two attached hydrogens (primary N) is 2. The van der Waals surface area contributed by atoms with Crippen molar-refractivity contribution in [2.24, 2.45) is 10.6 Å². The molecule has 1 aromatic rings. The van der Waals surface area contributed by atoms with Crippen LogP contribution in [0.25, 0.3) is 0 Å². The smallest absolute Gasteiger partial charge is 0.238 e. The first kappa shape index (κ1) is 15.8. The van der Waals surface area contributed by atoms with Gasteiger partial charge in [-0.05, 0) is 36.5 Å². The Morgan fingerprint density at radius 2 is 1.89 bits per heavy atom. The molecule has 0 bridgehead atoms. The maximum Gasteiger partial charge on any atom is 0.238 e. The molecule has 1 aromatic carbocycles. The van der Waals surface area contributed by atoms with Crippen LogP contribution in [-0.4, -0.2) is 15.0 Å². The Kier molecular flexibility index (Phi) is 4.47. The summed E-state index contributed by atoms with van der Waals surface area (Å²) in [4.78, 5) is 0.0734. The van der Waals surface area contributed by atoms with Crippen LogP contribution in [-0.2, 0) is 10.0 Å². The lowest BCUT2D eigenvalue weighted by molar-refractivity contribution is 0.377. The van der Waals surface area contributed by atoms with E-state index in [2.05, 4.69) is 26.1 Å². The van der Waals surface area contributed by atoms with Crippen molar-refractivity contribution < 1.29 is 8.42 Å². The van der Waals surface area contributed by atoms with Gasteiger partial charge in [0.05, 0.1) is 4.90 Å². The molecule has 5 nitrogen and oxygen atoms in total. The summed E-state index contributed by atoms with van der Waals surface area (Å²) < 4.78 is 23.0. The van der Waals surface area contributed by atoms with Gasteiger partial charge in [-0.1, -0.05) is 20.8 Å². The minimum atomic E-state index is -3.76. The molecule has 0 aliphatic carbocycles. The van der Waals surface area contributed by atoms with Crippen LogP contribution < -0.4 is 16.2 Å². The van der Waals surface area contributed by atoms with Gasteiger partial charge >= 0.3 is 0 Å². The third-order valence-electron chi connectivity index (χ3n) is 3.40. The van der Waals surface area contributed by atoms with Crippen molar-refractivity contribution in [1.29, 1.82) is 0 Å². The summed E-state index contributed by atoms with van der Waals surface area (Å²) >= 11 is 0. The molecular weight excluding hydrogens is 262 g/mol. The Hall–Kier alpha value is -1.27. The molecular formula is C13H23N3O2S. The fourth-order valence-corrected chi connectivity index (χ4v) is 2.48. The Balaban J connectivity index is 3.13. The van der Waals surface area contributed by atoms with E-state index in [0.717, 1.165) is 13.0 Å². The number of nitrogens with one attached hydrogen (secondary N) is 1. The third kappa shape index (κ3) is 4.11. The molecule has 0 aliphatic heterocycles. The van der Waals surface area contributed by atoms with Gasteiger partial charge in [0.2, 0.25) is 10.0 Å². The van der Waals surface area contributed by atoms with E-state index >= 15 is 0 Å². The Morgan fingerprint density at radius 1 is 1.32 bits per heavy atom. The third-order valence-corrected chi connectivity index (χ3v) is 4.44. The highest BCUT2D eigenvalue weighted by Gasteiger charge is 2.18. The first-order valence-electron chi connectivity index (χ1n) is 6.23. The van der Waals surface area contributed by atoms with Crippen LogP contribution in [0, 0.1) is 12.3 Å². The van der Waals surface area contributed by atoms with Crippen LogP contribution in [0.2, 0.25) is 0 Å². The highest BCUT2D eigenvalue weighted by atomic mass is 32.2. The minimum absolute atomic E-state index is 0.0734. The van der Waals surface area contributed by atoms with Crippen LogP contribution in [0.3, 0.4) is 0 Å². The van der Waals surface area contributed by atoms with Crippen molar-refractivity contribution in [1.82, 2.24) is 0 Å². The Bertz CT molecular complexity index is 565. The molecule has 0 unspecified atom stereocenters. The van der Waals surface area contributed by atoms with Crippen molar-refractivity contribution in [3.8, 4) is 0 Å². The van der Waals surface area contributed by atoms with Crippen molar-refractivity contribution in [3.63, 3.8) is 0 Å². The van der Waals surface area contributed by atoms with E-state index in [-0.39, 0.29) is 10.3 Å². The van der Waals surface area contributed by atoms with E-state index in [4.69, 9.17) is 10.9 Å². The summed E-state index contributed by atoms with van der Waals surface area (Å²) in [5, 5.41) is 8.45. The number of primary sulfonamides is 1. The summed E-state index contributed by atoms with van der Waals surface area (Å²) in [6.07, 6.45) is 1.02. The maximum atomic E-state index is 11.5. The summed E-state index contributed by atoms with van der Waals surface area (Å²) in [6.45, 7) is 8.85. The summed E-state index contributed by atoms with van der Waals surface area (Å²) in [5.41, 5.74) is 7.56. The molecule has 19 heavy (non-hydrogen) atoms. The predicted molar refractivity (Wildman–Crippen MR) is 79.5 cm³/mol. The van der Waals surface area contributed by atoms with E-state index < -0.39 is 10.0 Å². The predicted octanol–water partition coefficient (Wildman–Crippen LogP) is 2.07. The first-order chi connectivity index (χ1) is 8.57. The quantitative estimate of drug-likeness (QED) is 0.721. The first-order valence-corrected chi connectivity index (χ1v) is 7.78. The van der Waals surface area contributed by atoms with E-state index in [1.165, 1.54) is 6.07 Å². The number of anilines is 2. The molecule has 0 aliphatic rings. The van der Waals surface area contributed by atoms with Crippen LogP contribution >= 0.6 is 0 Å². The average molecular weight is 285 g/mol. The molecule has 0 radical (unpaired) electrons. The van der Waals surface area contributed by atoms with Gasteiger partial charge in [0.1, 0.15) is 0 Å². The number of hydrogen-bond acceptors (Lipinski definition) is 4. The minimum Gasteiger partial charge on any atom is -0.399 e. The molecule has 0 spiro atoms. The highest BCUT2D eigenvalue weighted by Crippen LogP contribution is 2.28. The van der Waals surface area contributed by atoms with Crippen molar-refractivity contribution >= 4 is 21.4 Å². The lowest BCUT2D eigenvalue weighted by Crippen LogP contribution is -2.23. The zero-order chi connectivity index (χ0) is 14.8. The number of nitrogen functional groups attached to an aromatic ring is 1. The van der Waals surface area contributed by atoms with Crippen LogP contribution in [0.15, 0.2) is 17.0 Å². The van der Waals surface area contributed by atoms with E-state index in [9.17, 15) is 8.42 Å². The molecule has 0 amide bonds. The molecule has 1 rings (SSSR count). The Labute approximate surface area is 115 Å². The Morgan fingerprint density at radius 3 is 2.37 bits per heavy atom. The van der Waals surface area contributed by atoms with Gasteiger partial charge in [0, 0.05) is 17.9 Å². The average Bonchev–Trinajstić information content (AvgIpc) is 2.28. The molecule has 0 saturated carbocycles. The van der Waals surface area contributed by atoms with Gasteiger partial charge in [-0.2, -0.15) is 0 Å². The van der Waals surface area contributed by atoms with Crippen molar-refractivity contribution in [3.05, 3.63) is 17.7 Å². The molecule has 0 atom stereocenters. The second-order valence-electron chi connectivity index (χ2n) is 5.61. The normalized spacial score (nSPS) is 12.5. The van der Waals surface area contributed by atoms with Gasteiger partial charge in [0.15, 0.2) is 0 Å². The molecule has 0 heterocycles. The topological polar surface area (TPSA) is 98.2 Å². The lowest BCUT2D eigenvalue weighted by Gasteiger charge is -2.24. The monoisotopic (exact) mass is 285 g/mol. The second kappa shape index (κ2) is 5.38. The van der Waals surface area contributed by atoms with Crippen LogP contribution in [0.1, 0.15) is 32.8 Å². The SMILES string of the molecule is CCC(C)(C)CNc1cc(N)cc(S(N)(=O)=O)c1C. The van der Waals surface area contributed by atoms with Crippen LogP contribution in [0.4, 0.5) is 11.4 Å². The molecule has 0 aromatic heterocycles. The molecule has 0 saturated heterocycles. The van der Waals surface area contributed by atoms with Gasteiger partial charge in [0.25, 0.3) is 0 Å². The number of sulfonamides is 1. The van der Waals surface area contributed by atoms with Gasteiger partial charge in [-0.15, -0.1) is 0 Å². The zero-order valence-corrected chi connectivity index (χ0v) is 12.8. The number of benzene rings is 1. The van der Waals surface area contributed by atoms with E-state index in [0.29, 0.717) is 16.9 Å².